The quantitative estimate of drug-likeness (QED) is 0.115. The molecule has 0 unspecified atom stereocenters. The minimum absolute atomic E-state index is 0.581. The number of rotatable bonds is 12. The summed E-state index contributed by atoms with van der Waals surface area (Å²) in [5, 5.41) is 14.1. The Hall–Kier alpha value is -16.4. The van der Waals surface area contributed by atoms with Gasteiger partial charge in [0.25, 0.3) is 0 Å². The lowest BCUT2D eigenvalue weighted by Crippen LogP contribution is -2.00. The molecular formula is C111H69N9O2S. The van der Waals surface area contributed by atoms with Crippen LogP contribution in [0, 0.1) is 0 Å². The number of thiophene rings is 1. The second-order valence-electron chi connectivity index (χ2n) is 30.3. The highest BCUT2D eigenvalue weighted by Crippen LogP contribution is 2.42. The van der Waals surface area contributed by atoms with Gasteiger partial charge in [-0.25, -0.2) is 44.9 Å². The summed E-state index contributed by atoms with van der Waals surface area (Å²) < 4.78 is 15.0. The summed E-state index contributed by atoms with van der Waals surface area (Å²) in [6.45, 7) is 0. The Kier molecular flexibility index (Phi) is 18.9. The molecule has 576 valence electrons. The lowest BCUT2D eigenvalue weighted by Gasteiger charge is -2.10. The molecular weight excluding hydrogens is 1520 g/mol. The first-order chi connectivity index (χ1) is 60.9. The summed E-state index contributed by atoms with van der Waals surface area (Å²) in [7, 11) is 0. The van der Waals surface area contributed by atoms with Gasteiger partial charge in [-0.05, 0) is 120 Å². The molecule has 6 aromatic heterocycles. The highest BCUT2D eigenvalue weighted by Gasteiger charge is 2.22. The average Bonchev–Trinajstić information content (AvgIpc) is 1.63. The first-order valence-electron chi connectivity index (χ1n) is 40.9. The minimum atomic E-state index is 0.581. The standard InChI is InChI=1S/2C37H23N3O.C37H23N3S/c1-2-10-26(11-3-1)35-38-36(27-20-17-25(18-21-27)29-22-19-24-9-4-5-12-28(24)23-29)40-37(39-35)32-15-8-14-31-30-13-6-7-16-33(30)41-34(31)32;1-2-10-26(11-3-1)35-38-36(27-20-17-25(18-21-27)29-22-19-24-9-4-5-12-28(24)23-29)40-37(39-35)31-14-8-16-33-34(31)30-13-6-7-15-32(30)41-33;1-2-9-26(10-3-1)35-38-36(27-17-14-25(15-18-27)29-19-16-24-8-4-5-11-28(24)22-29)40-37(39-35)30-20-21-32-31-12-6-7-13-33(31)41-34(32)23-30/h3*1-23H. The van der Waals surface area contributed by atoms with E-state index in [0.717, 1.165) is 111 Å². The topological polar surface area (TPSA) is 142 Å². The van der Waals surface area contributed by atoms with Crippen LogP contribution in [-0.4, -0.2) is 44.9 Å². The van der Waals surface area contributed by atoms with Crippen molar-refractivity contribution in [3.63, 3.8) is 0 Å². The van der Waals surface area contributed by atoms with E-state index in [0.29, 0.717) is 52.4 Å². The Morgan fingerprint density at radius 3 is 0.943 bits per heavy atom. The largest absolute Gasteiger partial charge is 0.456 e. The van der Waals surface area contributed by atoms with Gasteiger partial charge in [-0.15, -0.1) is 11.3 Å². The molecule has 0 saturated heterocycles. The van der Waals surface area contributed by atoms with Gasteiger partial charge in [0.05, 0.1) is 5.56 Å². The Morgan fingerprint density at radius 2 is 0.472 bits per heavy atom. The molecule has 0 N–H and O–H groups in total. The zero-order chi connectivity index (χ0) is 81.5. The molecule has 123 heavy (non-hydrogen) atoms. The predicted octanol–water partition coefficient (Wildman–Crippen LogP) is 29.2. The Morgan fingerprint density at radius 1 is 0.163 bits per heavy atom. The van der Waals surface area contributed by atoms with Gasteiger partial charge < -0.3 is 8.83 Å². The number of benzene rings is 18. The Labute approximate surface area is 711 Å². The summed E-state index contributed by atoms with van der Waals surface area (Å²) in [6, 6.07) is 144. The molecule has 0 fully saturated rings. The van der Waals surface area contributed by atoms with E-state index < -0.39 is 0 Å². The van der Waals surface area contributed by atoms with Crippen molar-refractivity contribution in [3.05, 3.63) is 419 Å². The Bertz CT molecular complexity index is 8110. The number of hydrogen-bond donors (Lipinski definition) is 0. The van der Waals surface area contributed by atoms with Crippen LogP contribution in [0.15, 0.2) is 427 Å². The van der Waals surface area contributed by atoms with Crippen molar-refractivity contribution in [3.8, 4) is 136 Å². The summed E-state index contributed by atoms with van der Waals surface area (Å²) in [5.74, 6) is 5.70. The molecule has 0 aliphatic rings. The van der Waals surface area contributed by atoms with Crippen molar-refractivity contribution < 1.29 is 8.83 Å². The molecule has 0 bridgehead atoms. The van der Waals surface area contributed by atoms with Crippen LogP contribution in [0.4, 0.5) is 0 Å². The summed E-state index contributed by atoms with van der Waals surface area (Å²) >= 11 is 1.80. The van der Waals surface area contributed by atoms with Crippen LogP contribution >= 0.6 is 11.3 Å². The van der Waals surface area contributed by atoms with E-state index in [4.69, 9.17) is 53.7 Å². The number of nitrogens with zero attached hydrogens (tertiary/aromatic N) is 9. The van der Waals surface area contributed by atoms with Crippen LogP contribution in [-0.2, 0) is 0 Å². The molecule has 12 heteroatoms. The number of para-hydroxylation sites is 3. The summed E-state index contributed by atoms with van der Waals surface area (Å²) in [5.41, 5.74) is 18.6. The van der Waals surface area contributed by atoms with Crippen molar-refractivity contribution in [2.45, 2.75) is 0 Å². The maximum absolute atomic E-state index is 6.32. The molecule has 0 saturated carbocycles. The number of aromatic nitrogens is 9. The lowest BCUT2D eigenvalue weighted by molar-refractivity contribution is 0.669. The van der Waals surface area contributed by atoms with E-state index in [1.165, 1.54) is 69.2 Å². The summed E-state index contributed by atoms with van der Waals surface area (Å²) in [4.78, 5) is 44.6. The smallest absolute Gasteiger partial charge is 0.167 e. The molecule has 24 aromatic rings. The third-order valence-corrected chi connectivity index (χ3v) is 23.7. The minimum Gasteiger partial charge on any atom is -0.456 e. The van der Waals surface area contributed by atoms with Crippen LogP contribution in [0.25, 0.3) is 232 Å². The predicted molar refractivity (Wildman–Crippen MR) is 505 cm³/mol. The second-order valence-corrected chi connectivity index (χ2v) is 31.4. The number of furan rings is 2. The third kappa shape index (κ3) is 14.5. The second kappa shape index (κ2) is 31.8. The molecule has 0 atom stereocenters. The molecule has 0 aliphatic carbocycles. The molecule has 11 nitrogen and oxygen atoms in total. The van der Waals surface area contributed by atoms with E-state index in [1.807, 2.05) is 152 Å². The summed E-state index contributed by atoms with van der Waals surface area (Å²) in [6.07, 6.45) is 0. The van der Waals surface area contributed by atoms with Crippen LogP contribution < -0.4 is 0 Å². The fraction of sp³-hybridized carbons (Fsp3) is 0. The van der Waals surface area contributed by atoms with E-state index in [1.54, 1.807) is 11.3 Å². The van der Waals surface area contributed by atoms with Crippen molar-refractivity contribution in [1.82, 2.24) is 44.9 Å². The van der Waals surface area contributed by atoms with Crippen LogP contribution in [0.1, 0.15) is 0 Å². The van der Waals surface area contributed by atoms with Crippen molar-refractivity contribution in [1.29, 1.82) is 0 Å². The maximum atomic E-state index is 6.32. The lowest BCUT2D eigenvalue weighted by atomic mass is 10.00. The van der Waals surface area contributed by atoms with E-state index >= 15 is 0 Å². The van der Waals surface area contributed by atoms with Gasteiger partial charge in [0, 0.05) is 86.2 Å². The maximum Gasteiger partial charge on any atom is 0.167 e. The Balaban J connectivity index is 0.000000110. The van der Waals surface area contributed by atoms with Crippen molar-refractivity contribution >= 4 is 108 Å². The first-order valence-corrected chi connectivity index (χ1v) is 41.7. The van der Waals surface area contributed by atoms with E-state index in [2.05, 4.69) is 267 Å². The van der Waals surface area contributed by atoms with Gasteiger partial charge >= 0.3 is 0 Å². The van der Waals surface area contributed by atoms with Gasteiger partial charge in [0.2, 0.25) is 0 Å². The normalized spacial score (nSPS) is 11.4. The number of hydrogen-bond acceptors (Lipinski definition) is 12. The van der Waals surface area contributed by atoms with Gasteiger partial charge in [0.15, 0.2) is 52.4 Å². The van der Waals surface area contributed by atoms with Crippen molar-refractivity contribution in [2.75, 3.05) is 0 Å². The molecule has 0 aliphatic heterocycles. The van der Waals surface area contributed by atoms with Crippen LogP contribution in [0.2, 0.25) is 0 Å². The van der Waals surface area contributed by atoms with Crippen LogP contribution in [0.5, 0.6) is 0 Å². The monoisotopic (exact) mass is 1590 g/mol. The fourth-order valence-corrected chi connectivity index (χ4v) is 17.5. The zero-order valence-electron chi connectivity index (χ0n) is 66.1. The highest BCUT2D eigenvalue weighted by molar-refractivity contribution is 7.25. The molecule has 0 amide bonds. The average molecular weight is 1590 g/mol. The SMILES string of the molecule is c1ccc(-c2nc(-c3ccc(-c4ccc5ccccc5c4)cc3)nc(-c3ccc4c(c3)sc3ccccc34)n2)cc1.c1ccc(-c2nc(-c3ccc(-c4ccc5ccccc5c4)cc3)nc(-c3cccc4c3oc3ccccc34)n2)cc1.c1ccc(-c2nc(-c3ccc(-c4ccc5ccccc5c4)cc3)nc(-c3cccc4oc5ccccc5c34)n2)cc1. The van der Waals surface area contributed by atoms with Gasteiger partial charge in [0.1, 0.15) is 22.3 Å². The van der Waals surface area contributed by atoms with Gasteiger partial charge in [-0.2, -0.15) is 0 Å². The van der Waals surface area contributed by atoms with Gasteiger partial charge in [-0.1, -0.05) is 364 Å². The molecule has 24 rings (SSSR count). The van der Waals surface area contributed by atoms with E-state index in [-0.39, 0.29) is 0 Å². The van der Waals surface area contributed by atoms with Crippen LogP contribution in [0.3, 0.4) is 0 Å². The zero-order valence-corrected chi connectivity index (χ0v) is 66.9. The van der Waals surface area contributed by atoms with E-state index in [9.17, 15) is 0 Å². The molecule has 0 spiro atoms. The molecule has 6 heterocycles. The third-order valence-electron chi connectivity index (χ3n) is 22.6. The van der Waals surface area contributed by atoms with Crippen molar-refractivity contribution in [2.24, 2.45) is 0 Å². The van der Waals surface area contributed by atoms with Gasteiger partial charge in [-0.3, -0.25) is 0 Å². The first kappa shape index (κ1) is 73.0. The molecule has 0 radical (unpaired) electrons. The highest BCUT2D eigenvalue weighted by atomic mass is 32.1. The fourth-order valence-electron chi connectivity index (χ4n) is 16.3. The molecule has 18 aromatic carbocycles. The number of fused-ring (bicyclic) bond motifs is 12.